The Hall–Kier alpha value is -3.04. The molecule has 1 heterocycles. The monoisotopic (exact) mass is 391 g/mol. The third-order valence-electron chi connectivity index (χ3n) is 5.97. The number of ether oxygens (including phenoxy) is 3. The van der Waals surface area contributed by atoms with Gasteiger partial charge in [0.1, 0.15) is 17.9 Å². The van der Waals surface area contributed by atoms with Crippen LogP contribution in [0.15, 0.2) is 41.4 Å². The highest BCUT2D eigenvalue weighted by molar-refractivity contribution is 5.76. The van der Waals surface area contributed by atoms with Crippen molar-refractivity contribution >= 4 is 6.02 Å². The Bertz CT molecular complexity index is 995. The number of fused-ring (bicyclic) bond motifs is 2. The van der Waals surface area contributed by atoms with Gasteiger partial charge >= 0.3 is 0 Å². The van der Waals surface area contributed by atoms with Gasteiger partial charge in [0.15, 0.2) is 0 Å². The number of nitriles is 1. The van der Waals surface area contributed by atoms with E-state index in [9.17, 15) is 5.26 Å². The van der Waals surface area contributed by atoms with Crippen molar-refractivity contribution in [3.8, 4) is 22.9 Å². The van der Waals surface area contributed by atoms with Crippen molar-refractivity contribution in [1.29, 1.82) is 5.26 Å². The van der Waals surface area contributed by atoms with Crippen LogP contribution in [0.3, 0.4) is 0 Å². The van der Waals surface area contributed by atoms with Gasteiger partial charge in [0.05, 0.1) is 18.7 Å². The minimum atomic E-state index is -0.444. The van der Waals surface area contributed by atoms with E-state index in [0.717, 1.165) is 37.0 Å². The van der Waals surface area contributed by atoms with Crippen LogP contribution in [-0.4, -0.2) is 33.5 Å². The molecule has 150 valence electrons. The third-order valence-corrected chi connectivity index (χ3v) is 5.97. The zero-order valence-electron chi connectivity index (χ0n) is 16.8. The largest absolute Gasteiger partial charge is 0.497 e. The Balaban J connectivity index is 1.76. The van der Waals surface area contributed by atoms with Crippen molar-refractivity contribution in [3.05, 3.63) is 53.1 Å². The fourth-order valence-corrected chi connectivity index (χ4v) is 4.55. The summed E-state index contributed by atoms with van der Waals surface area (Å²) < 4.78 is 16.2. The molecule has 2 atom stereocenters. The van der Waals surface area contributed by atoms with Crippen molar-refractivity contribution in [2.75, 3.05) is 27.4 Å². The molecule has 4 rings (SSSR count). The maximum absolute atomic E-state index is 9.35. The minimum absolute atomic E-state index is 0.258. The molecule has 6 heteroatoms. The predicted molar refractivity (Wildman–Crippen MR) is 111 cm³/mol. The Morgan fingerprint density at radius 1 is 1.24 bits per heavy atom. The summed E-state index contributed by atoms with van der Waals surface area (Å²) in [6, 6.07) is 14.5. The molecule has 0 radical (unpaired) electrons. The molecular weight excluding hydrogens is 366 g/mol. The Morgan fingerprint density at radius 2 is 2.10 bits per heavy atom. The summed E-state index contributed by atoms with van der Waals surface area (Å²) in [7, 11) is 3.33. The van der Waals surface area contributed by atoms with Crippen molar-refractivity contribution in [2.24, 2.45) is 16.6 Å². The van der Waals surface area contributed by atoms with Crippen LogP contribution in [-0.2, 0) is 21.4 Å². The molecule has 29 heavy (non-hydrogen) atoms. The van der Waals surface area contributed by atoms with E-state index in [2.05, 4.69) is 24.3 Å². The van der Waals surface area contributed by atoms with Gasteiger partial charge in [0.25, 0.3) is 6.02 Å². The standard InChI is InChI=1S/C23H25N3O3/c1-27-7-3-4-19-10-17-6-5-16(12-21(17)23(19)14-29-22(25)26-23)18-8-15(13-24)9-20(11-18)28-2/h5-6,8-9,11-12,19H,3-4,7,10,14H2,1-2H3,(H2,25,26). The second-order valence-electron chi connectivity index (χ2n) is 7.63. The molecule has 0 bridgehead atoms. The SMILES string of the molecule is COCCCC1Cc2ccc(-c3cc(C#N)cc(OC)c3)cc2C12COC(N)=N2. The van der Waals surface area contributed by atoms with Gasteiger partial charge in [0, 0.05) is 13.7 Å². The third kappa shape index (κ3) is 3.43. The van der Waals surface area contributed by atoms with E-state index in [-0.39, 0.29) is 6.02 Å². The summed E-state index contributed by atoms with van der Waals surface area (Å²) in [6.45, 7) is 1.20. The minimum Gasteiger partial charge on any atom is -0.497 e. The first-order chi connectivity index (χ1) is 14.1. The maximum Gasteiger partial charge on any atom is 0.283 e. The highest BCUT2D eigenvalue weighted by atomic mass is 16.5. The van der Waals surface area contributed by atoms with Crippen LogP contribution >= 0.6 is 0 Å². The molecule has 1 aliphatic carbocycles. The Morgan fingerprint density at radius 3 is 2.79 bits per heavy atom. The number of nitrogens with zero attached hydrogens (tertiary/aromatic N) is 2. The molecule has 0 amide bonds. The first-order valence-corrected chi connectivity index (χ1v) is 9.79. The van der Waals surface area contributed by atoms with Crippen LogP contribution in [0.1, 0.15) is 29.5 Å². The van der Waals surface area contributed by atoms with Crippen molar-refractivity contribution in [1.82, 2.24) is 0 Å². The van der Waals surface area contributed by atoms with Gasteiger partial charge in [0.2, 0.25) is 0 Å². The van der Waals surface area contributed by atoms with Gasteiger partial charge in [-0.3, -0.25) is 0 Å². The average Bonchev–Trinajstić information content (AvgIpc) is 3.28. The smallest absolute Gasteiger partial charge is 0.283 e. The number of aliphatic imine (C=N–C) groups is 1. The number of rotatable bonds is 6. The van der Waals surface area contributed by atoms with Crippen molar-refractivity contribution < 1.29 is 14.2 Å². The summed E-state index contributed by atoms with van der Waals surface area (Å²) in [6.07, 6.45) is 2.91. The fourth-order valence-electron chi connectivity index (χ4n) is 4.55. The molecule has 2 aromatic carbocycles. The number of benzene rings is 2. The van der Waals surface area contributed by atoms with Gasteiger partial charge < -0.3 is 19.9 Å². The first-order valence-electron chi connectivity index (χ1n) is 9.79. The molecule has 2 unspecified atom stereocenters. The highest BCUT2D eigenvalue weighted by Crippen LogP contribution is 2.49. The lowest BCUT2D eigenvalue weighted by Gasteiger charge is -2.27. The van der Waals surface area contributed by atoms with Crippen LogP contribution in [0, 0.1) is 17.2 Å². The van der Waals surface area contributed by atoms with E-state index in [4.69, 9.17) is 24.9 Å². The molecule has 0 fully saturated rings. The lowest BCUT2D eigenvalue weighted by molar-refractivity contribution is 0.161. The molecule has 1 aliphatic heterocycles. The highest BCUT2D eigenvalue weighted by Gasteiger charge is 2.50. The van der Waals surface area contributed by atoms with E-state index in [0.29, 0.717) is 23.8 Å². The second-order valence-corrected chi connectivity index (χ2v) is 7.63. The lowest BCUT2D eigenvalue weighted by Crippen LogP contribution is -2.31. The average molecular weight is 391 g/mol. The van der Waals surface area contributed by atoms with Gasteiger partial charge in [-0.15, -0.1) is 0 Å². The van der Waals surface area contributed by atoms with Gasteiger partial charge in [-0.1, -0.05) is 12.1 Å². The van der Waals surface area contributed by atoms with E-state index in [1.807, 2.05) is 12.1 Å². The van der Waals surface area contributed by atoms with Gasteiger partial charge in [-0.05, 0) is 71.7 Å². The first kappa shape index (κ1) is 19.3. The quantitative estimate of drug-likeness (QED) is 0.763. The summed E-state index contributed by atoms with van der Waals surface area (Å²) >= 11 is 0. The van der Waals surface area contributed by atoms with E-state index >= 15 is 0 Å². The number of hydrogen-bond acceptors (Lipinski definition) is 6. The molecule has 2 aliphatic rings. The van der Waals surface area contributed by atoms with Crippen LogP contribution < -0.4 is 10.5 Å². The molecule has 0 saturated carbocycles. The van der Waals surface area contributed by atoms with Crippen molar-refractivity contribution in [2.45, 2.75) is 24.8 Å². The molecule has 0 aromatic heterocycles. The van der Waals surface area contributed by atoms with Crippen LogP contribution in [0.5, 0.6) is 5.75 Å². The van der Waals surface area contributed by atoms with Crippen LogP contribution in [0.4, 0.5) is 0 Å². The summed E-state index contributed by atoms with van der Waals surface area (Å²) in [5.74, 6) is 0.988. The van der Waals surface area contributed by atoms with E-state index < -0.39 is 5.54 Å². The molecular formula is C23H25N3O3. The number of nitrogens with two attached hydrogens (primary N) is 1. The molecule has 6 nitrogen and oxygen atoms in total. The molecule has 1 spiro atoms. The zero-order chi connectivity index (χ0) is 20.4. The molecule has 2 N–H and O–H groups in total. The van der Waals surface area contributed by atoms with Gasteiger partial charge in [-0.25, -0.2) is 4.99 Å². The number of methoxy groups -OCH3 is 2. The Kier molecular flexibility index (Phi) is 5.16. The topological polar surface area (TPSA) is 89.9 Å². The summed E-state index contributed by atoms with van der Waals surface area (Å²) in [5.41, 5.74) is 10.5. The summed E-state index contributed by atoms with van der Waals surface area (Å²) in [4.78, 5) is 4.78. The maximum atomic E-state index is 9.35. The predicted octanol–water partition coefficient (Wildman–Crippen LogP) is 3.37. The van der Waals surface area contributed by atoms with Crippen LogP contribution in [0.2, 0.25) is 0 Å². The fraction of sp³-hybridized carbons (Fsp3) is 0.391. The Labute approximate surface area is 170 Å². The van der Waals surface area contributed by atoms with Gasteiger partial charge in [-0.2, -0.15) is 5.26 Å². The molecule has 0 saturated heterocycles. The number of hydrogen-bond donors (Lipinski definition) is 1. The van der Waals surface area contributed by atoms with Crippen LogP contribution in [0.25, 0.3) is 11.1 Å². The molecule has 2 aromatic rings. The van der Waals surface area contributed by atoms with Crippen molar-refractivity contribution in [3.63, 3.8) is 0 Å². The second kappa shape index (κ2) is 7.76. The number of amidine groups is 1. The zero-order valence-corrected chi connectivity index (χ0v) is 16.8. The van der Waals surface area contributed by atoms with E-state index in [1.165, 1.54) is 11.1 Å². The normalized spacial score (nSPS) is 22.1. The van der Waals surface area contributed by atoms with E-state index in [1.54, 1.807) is 20.3 Å². The lowest BCUT2D eigenvalue weighted by atomic mass is 9.82. The summed E-state index contributed by atoms with van der Waals surface area (Å²) in [5, 5.41) is 9.35.